The van der Waals surface area contributed by atoms with Gasteiger partial charge in [0.2, 0.25) is 11.8 Å². The highest BCUT2D eigenvalue weighted by molar-refractivity contribution is 6.18. The van der Waals surface area contributed by atoms with Crippen LogP contribution in [0, 0.1) is 13.8 Å². The second kappa shape index (κ2) is 22.7. The lowest BCUT2D eigenvalue weighted by Crippen LogP contribution is -2.31. The number of pyridine rings is 2. The molecular weight excluding hydrogens is 977 g/mol. The lowest BCUT2D eigenvalue weighted by Gasteiger charge is -2.11. The highest BCUT2D eigenvalue weighted by Gasteiger charge is 2.26. The number of carbonyl (C=O) groups excluding carboxylic acids is 6. The molecule has 4 aromatic heterocycles. The first kappa shape index (κ1) is 52.1. The van der Waals surface area contributed by atoms with Crippen molar-refractivity contribution in [3.8, 4) is 11.5 Å². The summed E-state index contributed by atoms with van der Waals surface area (Å²) in [5.74, 6) is -3.81. The molecule has 0 spiro atoms. The van der Waals surface area contributed by atoms with E-state index in [0.29, 0.717) is 45.3 Å². The normalized spacial score (nSPS) is 10.9. The summed E-state index contributed by atoms with van der Waals surface area (Å²) < 4.78 is 14.9. The molecule has 4 amide bonds. The number of nitrogens with zero attached hydrogens (tertiary/aromatic N) is 2. The number of aromatic carboxylic acids is 2. The van der Waals surface area contributed by atoms with E-state index < -0.39 is 35.3 Å². The topological polar surface area (TPSA) is 304 Å². The van der Waals surface area contributed by atoms with Crippen molar-refractivity contribution in [1.29, 1.82) is 0 Å². The Bertz CT molecular complexity index is 3420. The predicted octanol–water partition coefficient (Wildman–Crippen LogP) is 6.81. The Balaban J connectivity index is 0.769. The van der Waals surface area contributed by atoms with E-state index in [4.69, 9.17) is 20.9 Å². The number of hydrogen-bond acceptors (Lipinski definition) is 12. The van der Waals surface area contributed by atoms with Gasteiger partial charge in [-0.15, -0.1) is 0 Å². The molecule has 8 aromatic rings. The molecule has 0 fully saturated rings. The van der Waals surface area contributed by atoms with Crippen molar-refractivity contribution in [1.82, 2.24) is 19.4 Å². The van der Waals surface area contributed by atoms with Gasteiger partial charge in [0.15, 0.2) is 11.6 Å². The van der Waals surface area contributed by atoms with E-state index in [0.717, 1.165) is 0 Å². The van der Waals surface area contributed by atoms with Gasteiger partial charge >= 0.3 is 11.9 Å². The number of fused-ring (bicyclic) bond motifs is 2. The van der Waals surface area contributed by atoms with E-state index in [9.17, 15) is 48.6 Å². The van der Waals surface area contributed by atoms with Gasteiger partial charge in [0.05, 0.1) is 46.4 Å². The number of carboxylic acid groups (broad SMARTS) is 2. The smallest absolute Gasteiger partial charge is 0.337 e. The summed E-state index contributed by atoms with van der Waals surface area (Å²) in [4.78, 5) is 103. The number of nitrogens with two attached hydrogens (primary N) is 2. The van der Waals surface area contributed by atoms with E-state index >= 15 is 0 Å². The van der Waals surface area contributed by atoms with Crippen molar-refractivity contribution in [2.75, 3.05) is 48.4 Å². The first-order chi connectivity index (χ1) is 36.5. The van der Waals surface area contributed by atoms with Gasteiger partial charge in [-0.1, -0.05) is 24.3 Å². The first-order valence-corrected chi connectivity index (χ1v) is 23.7. The van der Waals surface area contributed by atoms with Crippen LogP contribution in [-0.4, -0.2) is 92.5 Å². The summed E-state index contributed by atoms with van der Waals surface area (Å²) in [5, 5.41) is 30.3. The van der Waals surface area contributed by atoms with E-state index in [2.05, 4.69) is 21.3 Å². The minimum absolute atomic E-state index is 0.0206. The van der Waals surface area contributed by atoms with Gasteiger partial charge in [0.25, 0.3) is 11.8 Å². The Morgan fingerprint density at radius 3 is 1.30 bits per heavy atom. The first-order valence-electron chi connectivity index (χ1n) is 23.7. The molecule has 0 radical (unpaired) electrons. The molecule has 0 atom stereocenters. The largest absolute Gasteiger partial charge is 0.492 e. The van der Waals surface area contributed by atoms with Gasteiger partial charge < -0.3 is 61.2 Å². The summed E-state index contributed by atoms with van der Waals surface area (Å²) in [5.41, 5.74) is 14.5. The Labute approximate surface area is 433 Å². The number of carbonyl (C=O) groups is 8. The predicted molar refractivity (Wildman–Crippen MR) is 282 cm³/mol. The molecule has 0 saturated heterocycles. The molecule has 0 aliphatic heterocycles. The van der Waals surface area contributed by atoms with Crippen LogP contribution in [0.5, 0.6) is 11.5 Å². The van der Waals surface area contributed by atoms with E-state index in [-0.39, 0.29) is 107 Å². The van der Waals surface area contributed by atoms with E-state index in [1.54, 1.807) is 108 Å². The molecule has 76 heavy (non-hydrogen) atoms. The van der Waals surface area contributed by atoms with Crippen LogP contribution in [0.2, 0.25) is 0 Å². The Morgan fingerprint density at radius 2 is 0.908 bits per heavy atom. The SMILES string of the molecule is Cc1c(C(=O)c2ccc(N)c(C(=O)O)c2)c2ccccn2c1NC(=O)c1cccc(OCCNC(=O)CCC(=O)NCCOc2cccc(C(=O)Nc3c(C)c(C(=O)c4ccc(N)c(C(=O)O)c4)c4ccccn34)c2)c1. The number of benzene rings is 4. The van der Waals surface area contributed by atoms with E-state index in [1.165, 1.54) is 48.5 Å². The van der Waals surface area contributed by atoms with Crippen molar-refractivity contribution in [2.24, 2.45) is 0 Å². The average Bonchev–Trinajstić information content (AvgIpc) is 3.88. The van der Waals surface area contributed by atoms with Crippen LogP contribution in [0.3, 0.4) is 0 Å². The van der Waals surface area contributed by atoms with Crippen LogP contribution in [0.1, 0.15) is 97.2 Å². The van der Waals surface area contributed by atoms with Gasteiger partial charge in [0, 0.05) is 70.0 Å². The minimum Gasteiger partial charge on any atom is -0.492 e. The summed E-state index contributed by atoms with van der Waals surface area (Å²) in [6.07, 6.45) is 3.20. The number of rotatable bonds is 21. The highest BCUT2D eigenvalue weighted by atomic mass is 16.5. The Kier molecular flexibility index (Phi) is 15.5. The monoisotopic (exact) mass is 1030 g/mol. The number of anilines is 4. The highest BCUT2D eigenvalue weighted by Crippen LogP contribution is 2.33. The molecule has 0 aliphatic rings. The van der Waals surface area contributed by atoms with Crippen molar-refractivity contribution in [3.05, 3.63) is 189 Å². The van der Waals surface area contributed by atoms with Crippen LogP contribution in [0.15, 0.2) is 134 Å². The Morgan fingerprint density at radius 1 is 0.500 bits per heavy atom. The average molecular weight is 1030 g/mol. The fourth-order valence-corrected chi connectivity index (χ4v) is 8.54. The zero-order valence-corrected chi connectivity index (χ0v) is 41.0. The van der Waals surface area contributed by atoms with Gasteiger partial charge in [-0.25, -0.2) is 9.59 Å². The van der Waals surface area contributed by atoms with E-state index in [1.807, 2.05) is 0 Å². The molecule has 8 rings (SSSR count). The molecule has 0 bridgehead atoms. The lowest BCUT2D eigenvalue weighted by atomic mass is 9.98. The van der Waals surface area contributed by atoms with Crippen molar-refractivity contribution >= 4 is 81.2 Å². The summed E-state index contributed by atoms with van der Waals surface area (Å²) >= 11 is 0. The fraction of sp³-hybridized carbons (Fsp3) is 0.143. The molecule has 0 saturated carbocycles. The van der Waals surface area contributed by atoms with Crippen molar-refractivity contribution < 1.29 is 58.0 Å². The number of nitrogens with one attached hydrogen (secondary N) is 4. The molecule has 4 aromatic carbocycles. The number of hydrogen-bond donors (Lipinski definition) is 8. The number of aromatic nitrogens is 2. The number of carboxylic acids is 2. The van der Waals surface area contributed by atoms with Crippen molar-refractivity contribution in [3.63, 3.8) is 0 Å². The van der Waals surface area contributed by atoms with Crippen LogP contribution in [0.4, 0.5) is 23.0 Å². The molecular formula is C56H50N8O12. The second-order valence-electron chi connectivity index (χ2n) is 17.3. The zero-order valence-electron chi connectivity index (χ0n) is 41.0. The van der Waals surface area contributed by atoms with Gasteiger partial charge in [-0.3, -0.25) is 28.8 Å². The summed E-state index contributed by atoms with van der Waals surface area (Å²) in [6, 6.07) is 31.3. The van der Waals surface area contributed by atoms with Crippen molar-refractivity contribution in [2.45, 2.75) is 26.7 Å². The molecule has 0 aliphatic carbocycles. The standard InChI is InChI=1S/C56H50N8O12/c1-31-47(49(67)33-15-17-41(57)39(29-33)55(71)72)43-13-3-5-23-63(43)51(31)61-53(69)35-9-7-11-37(27-35)75-25-21-59-45(65)19-20-46(66)60-22-26-76-38-12-8-10-36(28-38)54(70)62-52-32(2)48(44-14-4-6-24-64(44)52)50(68)34-16-18-42(58)40(30-34)56(73)74/h3-18,23-24,27-30H,19-22,25-26,57-58H2,1-2H3,(H,59,65)(H,60,66)(H,61,69)(H,62,70)(H,71,72)(H,73,74). The lowest BCUT2D eigenvalue weighted by molar-refractivity contribution is -0.126. The molecule has 0 unspecified atom stereocenters. The van der Waals surface area contributed by atoms with Gasteiger partial charge in [-0.05, 0) is 111 Å². The van der Waals surface area contributed by atoms with Crippen LogP contribution >= 0.6 is 0 Å². The number of ketones is 2. The van der Waals surface area contributed by atoms with Gasteiger partial charge in [-0.2, -0.15) is 0 Å². The molecule has 4 heterocycles. The fourth-order valence-electron chi connectivity index (χ4n) is 8.54. The minimum atomic E-state index is -1.27. The maximum absolute atomic E-state index is 13.8. The van der Waals surface area contributed by atoms with Crippen LogP contribution in [-0.2, 0) is 9.59 Å². The van der Waals surface area contributed by atoms with Gasteiger partial charge in [0.1, 0.15) is 36.3 Å². The Hall–Kier alpha value is -10.2. The third kappa shape index (κ3) is 11.3. The maximum Gasteiger partial charge on any atom is 0.337 e. The quantitative estimate of drug-likeness (QED) is 0.0208. The summed E-state index contributed by atoms with van der Waals surface area (Å²) in [6.45, 7) is 3.70. The molecule has 20 heteroatoms. The van der Waals surface area contributed by atoms with Crippen LogP contribution in [0.25, 0.3) is 11.0 Å². The molecule has 10 N–H and O–H groups in total. The molecule has 20 nitrogen and oxygen atoms in total. The molecule has 386 valence electrons. The maximum atomic E-state index is 13.8. The number of nitrogen functional groups attached to an aromatic ring is 2. The zero-order chi connectivity index (χ0) is 54.2. The summed E-state index contributed by atoms with van der Waals surface area (Å²) in [7, 11) is 0. The number of amides is 4. The third-order valence-electron chi connectivity index (χ3n) is 12.3. The third-order valence-corrected chi connectivity index (χ3v) is 12.3. The number of ether oxygens (including phenoxy) is 2. The van der Waals surface area contributed by atoms with Crippen LogP contribution < -0.4 is 42.2 Å². The second-order valence-corrected chi connectivity index (χ2v) is 17.3.